The summed E-state index contributed by atoms with van der Waals surface area (Å²) in [5.41, 5.74) is 0.253. The average Bonchev–Trinajstić information content (AvgIpc) is 3.00. The Morgan fingerprint density at radius 2 is 1.80 bits per heavy atom. The van der Waals surface area contributed by atoms with E-state index in [1.54, 1.807) is 0 Å². The van der Waals surface area contributed by atoms with Crippen LogP contribution in [0.1, 0.15) is 66.2 Å². The van der Waals surface area contributed by atoms with Crippen LogP contribution in [0.25, 0.3) is 0 Å². The SMILES string of the molecule is CCC(CC)CCC(C)(C)C1(C#N)CC1. The van der Waals surface area contributed by atoms with Crippen LogP contribution in [-0.4, -0.2) is 0 Å². The van der Waals surface area contributed by atoms with Gasteiger partial charge in [0.1, 0.15) is 0 Å². The fourth-order valence-corrected chi connectivity index (χ4v) is 2.57. The monoisotopic (exact) mass is 207 g/mol. The average molecular weight is 207 g/mol. The molecule has 0 unspecified atom stereocenters. The van der Waals surface area contributed by atoms with E-state index in [-0.39, 0.29) is 10.8 Å². The fourth-order valence-electron chi connectivity index (χ4n) is 2.57. The van der Waals surface area contributed by atoms with Crippen LogP contribution in [0, 0.1) is 28.1 Å². The number of nitriles is 1. The molecule has 0 atom stereocenters. The number of rotatable bonds is 6. The highest BCUT2D eigenvalue weighted by Gasteiger charge is 2.54. The fraction of sp³-hybridized carbons (Fsp3) is 0.929. The predicted molar refractivity (Wildman–Crippen MR) is 64.4 cm³/mol. The minimum absolute atomic E-state index is 0.0268. The second-order valence-electron chi connectivity index (χ2n) is 5.80. The number of nitrogens with zero attached hydrogens (tertiary/aromatic N) is 1. The molecule has 1 heteroatoms. The van der Waals surface area contributed by atoms with Crippen molar-refractivity contribution in [2.45, 2.75) is 66.2 Å². The normalized spacial score (nSPS) is 18.9. The third-order valence-electron chi connectivity index (χ3n) is 4.59. The molecule has 1 fully saturated rings. The summed E-state index contributed by atoms with van der Waals surface area (Å²) in [4.78, 5) is 0. The molecule has 0 aliphatic heterocycles. The van der Waals surface area contributed by atoms with Crippen molar-refractivity contribution in [2.75, 3.05) is 0 Å². The summed E-state index contributed by atoms with van der Waals surface area (Å²) in [6.07, 6.45) is 7.33. The summed E-state index contributed by atoms with van der Waals surface area (Å²) in [7, 11) is 0. The molecular formula is C14H25N. The quantitative estimate of drug-likeness (QED) is 0.627. The van der Waals surface area contributed by atoms with Gasteiger partial charge in [-0.2, -0.15) is 5.26 Å². The zero-order chi connectivity index (χ0) is 11.5. The van der Waals surface area contributed by atoms with Gasteiger partial charge in [0.05, 0.1) is 11.5 Å². The Morgan fingerprint density at radius 3 is 2.13 bits per heavy atom. The molecule has 0 amide bonds. The molecule has 0 heterocycles. The molecule has 0 aromatic heterocycles. The number of hydrogen-bond donors (Lipinski definition) is 0. The summed E-state index contributed by atoms with van der Waals surface area (Å²) in [5.74, 6) is 0.860. The highest BCUT2D eigenvalue weighted by atomic mass is 14.6. The molecule has 0 N–H and O–H groups in total. The van der Waals surface area contributed by atoms with Gasteiger partial charge in [-0.3, -0.25) is 0 Å². The summed E-state index contributed by atoms with van der Waals surface area (Å²) >= 11 is 0. The van der Waals surface area contributed by atoms with Gasteiger partial charge in [-0.05, 0) is 37.0 Å². The van der Waals surface area contributed by atoms with E-state index in [0.29, 0.717) is 0 Å². The molecule has 0 bridgehead atoms. The molecule has 1 aliphatic rings. The van der Waals surface area contributed by atoms with Crippen LogP contribution < -0.4 is 0 Å². The molecule has 0 saturated heterocycles. The minimum Gasteiger partial charge on any atom is -0.198 e. The van der Waals surface area contributed by atoms with E-state index >= 15 is 0 Å². The minimum atomic E-state index is 0.0268. The van der Waals surface area contributed by atoms with Gasteiger partial charge in [-0.15, -0.1) is 0 Å². The lowest BCUT2D eigenvalue weighted by atomic mass is 9.72. The van der Waals surface area contributed by atoms with Crippen LogP contribution in [0.2, 0.25) is 0 Å². The highest BCUT2D eigenvalue weighted by molar-refractivity contribution is 5.16. The van der Waals surface area contributed by atoms with Gasteiger partial charge in [-0.25, -0.2) is 0 Å². The van der Waals surface area contributed by atoms with Crippen LogP contribution in [0.3, 0.4) is 0 Å². The maximum atomic E-state index is 9.22. The van der Waals surface area contributed by atoms with Crippen LogP contribution in [0.5, 0.6) is 0 Å². The number of hydrogen-bond acceptors (Lipinski definition) is 1. The smallest absolute Gasteiger partial charge is 0.0695 e. The van der Waals surface area contributed by atoms with Gasteiger partial charge in [-0.1, -0.05) is 40.5 Å². The Labute approximate surface area is 94.9 Å². The summed E-state index contributed by atoms with van der Waals surface area (Å²) < 4.78 is 0. The molecule has 0 aromatic carbocycles. The summed E-state index contributed by atoms with van der Waals surface area (Å²) in [5, 5.41) is 9.22. The van der Waals surface area contributed by atoms with Crippen molar-refractivity contribution in [3.05, 3.63) is 0 Å². The highest BCUT2D eigenvalue weighted by Crippen LogP contribution is 2.60. The van der Waals surface area contributed by atoms with Gasteiger partial charge < -0.3 is 0 Å². The van der Waals surface area contributed by atoms with Gasteiger partial charge in [0.15, 0.2) is 0 Å². The van der Waals surface area contributed by atoms with Crippen LogP contribution in [0.15, 0.2) is 0 Å². The Bertz CT molecular complexity index is 239. The molecule has 0 aromatic rings. The third kappa shape index (κ3) is 2.54. The Morgan fingerprint density at radius 1 is 1.27 bits per heavy atom. The third-order valence-corrected chi connectivity index (χ3v) is 4.59. The second-order valence-corrected chi connectivity index (χ2v) is 5.80. The first kappa shape index (κ1) is 12.6. The molecule has 1 saturated carbocycles. The van der Waals surface area contributed by atoms with Crippen LogP contribution in [-0.2, 0) is 0 Å². The van der Waals surface area contributed by atoms with Crippen molar-refractivity contribution in [2.24, 2.45) is 16.7 Å². The second kappa shape index (κ2) is 4.56. The summed E-state index contributed by atoms with van der Waals surface area (Å²) in [6.45, 7) is 9.12. The lowest BCUT2D eigenvalue weighted by molar-refractivity contribution is 0.200. The van der Waals surface area contributed by atoms with Gasteiger partial charge >= 0.3 is 0 Å². The molecule has 0 spiro atoms. The molecule has 1 nitrogen and oxygen atoms in total. The summed E-state index contributed by atoms with van der Waals surface area (Å²) in [6, 6.07) is 2.55. The van der Waals surface area contributed by atoms with Crippen LogP contribution in [0.4, 0.5) is 0 Å². The Balaban J connectivity index is 2.47. The largest absolute Gasteiger partial charge is 0.198 e. The van der Waals surface area contributed by atoms with Crippen LogP contribution >= 0.6 is 0 Å². The van der Waals surface area contributed by atoms with E-state index in [2.05, 4.69) is 33.8 Å². The first-order chi connectivity index (χ1) is 7.01. The maximum absolute atomic E-state index is 9.22. The Kier molecular flexibility index (Phi) is 3.82. The lowest BCUT2D eigenvalue weighted by Crippen LogP contribution is -2.25. The van der Waals surface area contributed by atoms with Gasteiger partial charge in [0.2, 0.25) is 0 Å². The van der Waals surface area contributed by atoms with E-state index in [4.69, 9.17) is 0 Å². The molecular weight excluding hydrogens is 182 g/mol. The first-order valence-corrected chi connectivity index (χ1v) is 6.42. The zero-order valence-electron chi connectivity index (χ0n) is 10.8. The zero-order valence-corrected chi connectivity index (χ0v) is 10.8. The molecule has 1 aliphatic carbocycles. The van der Waals surface area contributed by atoms with Crippen molar-refractivity contribution >= 4 is 0 Å². The first-order valence-electron chi connectivity index (χ1n) is 6.42. The topological polar surface area (TPSA) is 23.8 Å². The standard InChI is InChI=1S/C14H25N/c1-5-12(6-2)7-8-13(3,4)14(11-15)9-10-14/h12H,5-10H2,1-4H3. The van der Waals surface area contributed by atoms with E-state index in [1.165, 1.54) is 25.7 Å². The van der Waals surface area contributed by atoms with Crippen molar-refractivity contribution in [3.63, 3.8) is 0 Å². The van der Waals surface area contributed by atoms with E-state index in [9.17, 15) is 5.26 Å². The van der Waals surface area contributed by atoms with Crippen molar-refractivity contribution in [1.29, 1.82) is 5.26 Å². The predicted octanol–water partition coefficient (Wildman–Crippen LogP) is 4.53. The van der Waals surface area contributed by atoms with Crippen molar-refractivity contribution in [1.82, 2.24) is 0 Å². The molecule has 15 heavy (non-hydrogen) atoms. The van der Waals surface area contributed by atoms with E-state index in [0.717, 1.165) is 18.8 Å². The molecule has 86 valence electrons. The van der Waals surface area contributed by atoms with Gasteiger partial charge in [0, 0.05) is 0 Å². The Hall–Kier alpha value is -0.510. The van der Waals surface area contributed by atoms with E-state index < -0.39 is 0 Å². The van der Waals surface area contributed by atoms with Crippen molar-refractivity contribution < 1.29 is 0 Å². The molecule has 1 rings (SSSR count). The molecule has 0 radical (unpaired) electrons. The van der Waals surface area contributed by atoms with E-state index in [1.807, 2.05) is 0 Å². The lowest BCUT2D eigenvalue weighted by Gasteiger charge is -2.31. The van der Waals surface area contributed by atoms with Crippen molar-refractivity contribution in [3.8, 4) is 6.07 Å². The van der Waals surface area contributed by atoms with Gasteiger partial charge in [0.25, 0.3) is 0 Å². The maximum Gasteiger partial charge on any atom is 0.0695 e.